The minimum Gasteiger partial charge on any atom is -0.492 e. The third kappa shape index (κ3) is 6.83. The Morgan fingerprint density at radius 1 is 1.15 bits per heavy atom. The Balaban J connectivity index is 1.94. The maximum atomic E-state index is 12.8. The van der Waals surface area contributed by atoms with Crippen molar-refractivity contribution in [1.29, 1.82) is 0 Å². The van der Waals surface area contributed by atoms with Crippen LogP contribution >= 0.6 is 11.6 Å². The first-order chi connectivity index (χ1) is 13.0. The third-order valence-electron chi connectivity index (χ3n) is 3.93. The van der Waals surface area contributed by atoms with E-state index in [2.05, 4.69) is 10.1 Å². The van der Waals surface area contributed by atoms with Crippen LogP contribution in [0.5, 0.6) is 5.75 Å². The van der Waals surface area contributed by atoms with Crippen LogP contribution in [-0.4, -0.2) is 50.3 Å². The van der Waals surface area contributed by atoms with Crippen molar-refractivity contribution in [1.82, 2.24) is 10.2 Å². The normalized spacial score (nSPS) is 11.4. The largest absolute Gasteiger partial charge is 0.492 e. The van der Waals surface area contributed by atoms with E-state index in [1.807, 2.05) is 30.3 Å². The van der Waals surface area contributed by atoms with Gasteiger partial charge in [-0.2, -0.15) is 0 Å². The molecule has 1 N–H and O–H groups in total. The molecule has 2 aromatic rings. The fourth-order valence-electron chi connectivity index (χ4n) is 2.48. The van der Waals surface area contributed by atoms with Crippen LogP contribution in [0, 0.1) is 0 Å². The highest BCUT2D eigenvalue weighted by atomic mass is 35.5. The summed E-state index contributed by atoms with van der Waals surface area (Å²) in [7, 11) is 2.93. The highest BCUT2D eigenvalue weighted by molar-refractivity contribution is 6.30. The molecule has 7 heteroatoms. The highest BCUT2D eigenvalue weighted by Gasteiger charge is 2.24. The molecule has 0 spiro atoms. The van der Waals surface area contributed by atoms with Crippen molar-refractivity contribution in [2.24, 2.45) is 0 Å². The average Bonchev–Trinajstić information content (AvgIpc) is 2.67. The summed E-state index contributed by atoms with van der Waals surface area (Å²) >= 11 is 5.92. The number of rotatable bonds is 8. The first kappa shape index (κ1) is 20.6. The number of nitrogens with zero attached hydrogens (tertiary/aromatic N) is 1. The highest BCUT2D eigenvalue weighted by Crippen LogP contribution is 2.17. The first-order valence-electron chi connectivity index (χ1n) is 8.51. The van der Waals surface area contributed by atoms with Crippen LogP contribution in [0.2, 0.25) is 5.02 Å². The minimum absolute atomic E-state index is 0.223. The zero-order valence-corrected chi connectivity index (χ0v) is 16.1. The number of likely N-dealkylation sites (N-methyl/N-ethyl adjacent to an activating group) is 1. The Bertz CT molecular complexity index is 755. The summed E-state index contributed by atoms with van der Waals surface area (Å²) in [6, 6.07) is 15.8. The number of methoxy groups -OCH3 is 1. The molecule has 6 nitrogen and oxygen atoms in total. The molecule has 27 heavy (non-hydrogen) atoms. The van der Waals surface area contributed by atoms with E-state index in [0.717, 1.165) is 5.56 Å². The van der Waals surface area contributed by atoms with Crippen molar-refractivity contribution in [2.75, 3.05) is 27.3 Å². The maximum absolute atomic E-state index is 12.8. The minimum atomic E-state index is -0.726. The van der Waals surface area contributed by atoms with Crippen LogP contribution in [0.3, 0.4) is 0 Å². The van der Waals surface area contributed by atoms with Crippen molar-refractivity contribution in [3.8, 4) is 5.75 Å². The summed E-state index contributed by atoms with van der Waals surface area (Å²) in [6.07, 6.45) is -0.276. The van der Waals surface area contributed by atoms with Crippen LogP contribution in [0.25, 0.3) is 0 Å². The van der Waals surface area contributed by atoms with Crippen molar-refractivity contribution in [3.63, 3.8) is 0 Å². The number of carbonyl (C=O) groups excluding carboxylic acids is 2. The van der Waals surface area contributed by atoms with Gasteiger partial charge in [-0.3, -0.25) is 4.79 Å². The molecule has 1 unspecified atom stereocenters. The lowest BCUT2D eigenvalue weighted by Crippen LogP contribution is -2.49. The number of hydrogen-bond acceptors (Lipinski definition) is 4. The van der Waals surface area contributed by atoms with E-state index in [9.17, 15) is 9.59 Å². The number of hydrogen-bond donors (Lipinski definition) is 1. The molecule has 0 heterocycles. The van der Waals surface area contributed by atoms with Crippen LogP contribution in [0.15, 0.2) is 54.6 Å². The van der Waals surface area contributed by atoms with Gasteiger partial charge < -0.3 is 19.7 Å². The van der Waals surface area contributed by atoms with Crippen LogP contribution in [-0.2, 0) is 16.0 Å². The lowest BCUT2D eigenvalue weighted by atomic mass is 10.1. The standard InChI is InChI=1S/C20H23ClN2O4/c1-23(11-12-27-17-10-6-9-16(21)14-17)19(24)18(22-20(25)26-2)13-15-7-4-3-5-8-15/h3-10,14,18H,11-13H2,1-2H3,(H,22,25). The zero-order valence-electron chi connectivity index (χ0n) is 15.4. The molecule has 2 amide bonds. The summed E-state index contributed by atoms with van der Waals surface area (Å²) in [6.45, 7) is 0.665. The molecule has 0 radical (unpaired) electrons. The molecule has 0 fully saturated rings. The fraction of sp³-hybridized carbons (Fsp3) is 0.300. The fourth-order valence-corrected chi connectivity index (χ4v) is 2.66. The van der Waals surface area contributed by atoms with Crippen LogP contribution in [0.1, 0.15) is 5.56 Å². The Hall–Kier alpha value is -2.73. The second kappa shape index (κ2) is 10.4. The van der Waals surface area contributed by atoms with Crippen molar-refractivity contribution >= 4 is 23.6 Å². The molecular formula is C20H23ClN2O4. The smallest absolute Gasteiger partial charge is 0.407 e. The topological polar surface area (TPSA) is 67.9 Å². The molecule has 0 aliphatic carbocycles. The van der Waals surface area contributed by atoms with Crippen molar-refractivity contribution in [2.45, 2.75) is 12.5 Å². The van der Waals surface area contributed by atoms with Gasteiger partial charge in [0, 0.05) is 18.5 Å². The van der Waals surface area contributed by atoms with Crippen LogP contribution in [0.4, 0.5) is 4.79 Å². The number of benzene rings is 2. The van der Waals surface area contributed by atoms with Crippen LogP contribution < -0.4 is 10.1 Å². The van der Waals surface area contributed by atoms with E-state index in [1.165, 1.54) is 12.0 Å². The second-order valence-corrected chi connectivity index (χ2v) is 6.38. The van der Waals surface area contributed by atoms with E-state index in [-0.39, 0.29) is 5.91 Å². The van der Waals surface area contributed by atoms with E-state index in [4.69, 9.17) is 16.3 Å². The SMILES string of the molecule is COC(=O)NC(Cc1ccccc1)C(=O)N(C)CCOc1cccc(Cl)c1. The lowest BCUT2D eigenvalue weighted by Gasteiger charge is -2.24. The van der Waals surface area contributed by atoms with Gasteiger partial charge in [-0.1, -0.05) is 48.0 Å². The third-order valence-corrected chi connectivity index (χ3v) is 4.16. The molecule has 0 aromatic heterocycles. The summed E-state index contributed by atoms with van der Waals surface area (Å²) in [4.78, 5) is 25.9. The maximum Gasteiger partial charge on any atom is 0.407 e. The number of halogens is 1. The lowest BCUT2D eigenvalue weighted by molar-refractivity contribution is -0.132. The van der Waals surface area contributed by atoms with Crippen molar-refractivity contribution in [3.05, 3.63) is 65.2 Å². The van der Waals surface area contributed by atoms with E-state index < -0.39 is 12.1 Å². The van der Waals surface area contributed by atoms with Gasteiger partial charge in [0.15, 0.2) is 0 Å². The van der Waals surface area contributed by atoms with Crippen molar-refractivity contribution < 1.29 is 19.1 Å². The number of ether oxygens (including phenoxy) is 2. The Morgan fingerprint density at radius 3 is 2.56 bits per heavy atom. The molecular weight excluding hydrogens is 368 g/mol. The second-order valence-electron chi connectivity index (χ2n) is 5.94. The molecule has 2 rings (SSSR count). The Kier molecular flexibility index (Phi) is 7.95. The Morgan fingerprint density at radius 2 is 1.89 bits per heavy atom. The monoisotopic (exact) mass is 390 g/mol. The first-order valence-corrected chi connectivity index (χ1v) is 8.89. The van der Waals surface area contributed by atoms with E-state index in [0.29, 0.717) is 30.3 Å². The molecule has 1 atom stereocenters. The summed E-state index contributed by atoms with van der Waals surface area (Å²) in [5.41, 5.74) is 0.941. The number of carbonyl (C=O) groups is 2. The quantitative estimate of drug-likeness (QED) is 0.751. The van der Waals surface area contributed by atoms with Gasteiger partial charge in [0.1, 0.15) is 18.4 Å². The van der Waals surface area contributed by atoms with E-state index >= 15 is 0 Å². The van der Waals surface area contributed by atoms with Gasteiger partial charge >= 0.3 is 6.09 Å². The number of alkyl carbamates (subject to hydrolysis) is 1. The summed E-state index contributed by atoms with van der Waals surface area (Å²) in [5.74, 6) is 0.413. The van der Waals surface area contributed by atoms with Gasteiger partial charge in [0.25, 0.3) is 0 Å². The molecule has 0 saturated heterocycles. The molecule has 0 aliphatic rings. The average molecular weight is 391 g/mol. The summed E-state index contributed by atoms with van der Waals surface area (Å²) < 4.78 is 10.3. The summed E-state index contributed by atoms with van der Waals surface area (Å²) in [5, 5.41) is 3.19. The van der Waals surface area contributed by atoms with Gasteiger partial charge in [-0.25, -0.2) is 4.79 Å². The van der Waals surface area contributed by atoms with Gasteiger partial charge in [-0.05, 0) is 23.8 Å². The van der Waals surface area contributed by atoms with Gasteiger partial charge in [0.2, 0.25) is 5.91 Å². The predicted molar refractivity (Wildman–Crippen MR) is 104 cm³/mol. The molecule has 2 aromatic carbocycles. The van der Waals surface area contributed by atoms with E-state index in [1.54, 1.807) is 31.3 Å². The molecule has 0 bridgehead atoms. The van der Waals surface area contributed by atoms with Gasteiger partial charge in [-0.15, -0.1) is 0 Å². The Labute approximate surface area is 164 Å². The predicted octanol–water partition coefficient (Wildman–Crippen LogP) is 3.14. The molecule has 0 saturated carbocycles. The zero-order chi connectivity index (χ0) is 19.6. The molecule has 0 aliphatic heterocycles. The van der Waals surface area contributed by atoms with Gasteiger partial charge in [0.05, 0.1) is 13.7 Å². The molecule has 144 valence electrons. The number of amides is 2. The number of nitrogens with one attached hydrogen (secondary N) is 1.